The Hall–Kier alpha value is -1.56. The van der Waals surface area contributed by atoms with Crippen LogP contribution in [0.15, 0.2) is 12.3 Å². The summed E-state index contributed by atoms with van der Waals surface area (Å²) in [4.78, 5) is 11.8. The quantitative estimate of drug-likeness (QED) is 0.788. The lowest BCUT2D eigenvalue weighted by atomic mass is 9.88. The molecule has 0 aliphatic rings. The molecule has 1 heterocycles. The fourth-order valence-electron chi connectivity index (χ4n) is 1.49. The van der Waals surface area contributed by atoms with E-state index >= 15 is 0 Å². The number of urea groups is 1. The third-order valence-electron chi connectivity index (χ3n) is 3.26. The summed E-state index contributed by atoms with van der Waals surface area (Å²) in [5, 5.41) is 9.93. The van der Waals surface area contributed by atoms with Crippen molar-refractivity contribution in [3.8, 4) is 0 Å². The van der Waals surface area contributed by atoms with Gasteiger partial charge in [0.05, 0.1) is 0 Å². The first-order valence-corrected chi connectivity index (χ1v) is 6.93. The summed E-state index contributed by atoms with van der Waals surface area (Å²) in [6.45, 7) is 9.72. The average molecular weight is 282 g/mol. The summed E-state index contributed by atoms with van der Waals surface area (Å²) in [5.41, 5.74) is 0.0247. The number of anilines is 1. The van der Waals surface area contributed by atoms with Gasteiger partial charge < -0.3 is 10.1 Å². The van der Waals surface area contributed by atoms with Gasteiger partial charge in [-0.15, -0.1) is 0 Å². The molecule has 0 aliphatic carbocycles. The Balaban J connectivity index is 2.42. The van der Waals surface area contributed by atoms with Gasteiger partial charge in [-0.05, 0) is 18.8 Å². The van der Waals surface area contributed by atoms with Crippen molar-refractivity contribution in [1.82, 2.24) is 15.1 Å². The number of ether oxygens (including phenoxy) is 1. The maximum atomic E-state index is 11.8. The minimum absolute atomic E-state index is 0.0247. The molecule has 0 saturated heterocycles. The Morgan fingerprint density at radius 2 is 2.20 bits per heavy atom. The summed E-state index contributed by atoms with van der Waals surface area (Å²) in [6, 6.07) is 1.63. The van der Waals surface area contributed by atoms with E-state index in [1.807, 2.05) is 13.1 Å². The van der Waals surface area contributed by atoms with Crippen LogP contribution in [0.3, 0.4) is 0 Å². The minimum atomic E-state index is -0.227. The Kier molecular flexibility index (Phi) is 6.01. The predicted octanol–water partition coefficient (Wildman–Crippen LogP) is 2.48. The van der Waals surface area contributed by atoms with Gasteiger partial charge in [0, 0.05) is 38.6 Å². The van der Waals surface area contributed by atoms with Crippen LogP contribution < -0.4 is 10.6 Å². The molecule has 1 aromatic heterocycles. The molecule has 1 atom stereocenters. The van der Waals surface area contributed by atoms with Gasteiger partial charge >= 0.3 is 6.03 Å². The minimum Gasteiger partial charge on any atom is -0.385 e. The van der Waals surface area contributed by atoms with E-state index in [-0.39, 0.29) is 17.5 Å². The van der Waals surface area contributed by atoms with Crippen LogP contribution >= 0.6 is 0 Å². The number of rotatable bonds is 6. The molecule has 0 radical (unpaired) electrons. The van der Waals surface area contributed by atoms with Crippen molar-refractivity contribution in [2.24, 2.45) is 5.41 Å². The molecule has 6 nitrogen and oxygen atoms in total. The van der Waals surface area contributed by atoms with Gasteiger partial charge in [0.15, 0.2) is 5.82 Å². The van der Waals surface area contributed by atoms with Crippen LogP contribution in [0.4, 0.5) is 10.6 Å². The molecular weight excluding hydrogens is 256 g/mol. The molecule has 0 unspecified atom stereocenters. The van der Waals surface area contributed by atoms with Crippen molar-refractivity contribution in [2.75, 3.05) is 19.0 Å². The first-order valence-electron chi connectivity index (χ1n) is 6.93. The van der Waals surface area contributed by atoms with Gasteiger partial charge in [-0.3, -0.25) is 10.00 Å². The molecule has 2 amide bonds. The highest BCUT2D eigenvalue weighted by atomic mass is 16.5. The Morgan fingerprint density at radius 3 is 2.80 bits per heavy atom. The van der Waals surface area contributed by atoms with Crippen molar-refractivity contribution in [3.63, 3.8) is 0 Å². The monoisotopic (exact) mass is 282 g/mol. The van der Waals surface area contributed by atoms with Crippen LogP contribution in [0.5, 0.6) is 0 Å². The van der Waals surface area contributed by atoms with E-state index < -0.39 is 0 Å². The van der Waals surface area contributed by atoms with Gasteiger partial charge in [0.1, 0.15) is 0 Å². The molecule has 114 valence electrons. The number of hydrogen-bond acceptors (Lipinski definition) is 3. The van der Waals surface area contributed by atoms with Crippen LogP contribution in [0.1, 0.15) is 34.1 Å². The van der Waals surface area contributed by atoms with Crippen LogP contribution in [0, 0.1) is 5.41 Å². The fourth-order valence-corrected chi connectivity index (χ4v) is 1.49. The molecule has 20 heavy (non-hydrogen) atoms. The van der Waals surface area contributed by atoms with E-state index in [0.29, 0.717) is 12.4 Å². The number of aromatic nitrogens is 2. The topological polar surface area (TPSA) is 68.2 Å². The second-order valence-corrected chi connectivity index (χ2v) is 6.00. The van der Waals surface area contributed by atoms with Gasteiger partial charge in [0.25, 0.3) is 0 Å². The number of aryl methyl sites for hydroxylation is 1. The number of hydrogen-bond donors (Lipinski definition) is 2. The van der Waals surface area contributed by atoms with Crippen LogP contribution in [0.25, 0.3) is 0 Å². The lowest BCUT2D eigenvalue weighted by Crippen LogP contribution is -2.43. The maximum absolute atomic E-state index is 11.8. The molecule has 0 bridgehead atoms. The summed E-state index contributed by atoms with van der Waals surface area (Å²) in [5.74, 6) is 0.557. The molecule has 0 aromatic carbocycles. The maximum Gasteiger partial charge on any atom is 0.320 e. The SMILES string of the molecule is COCCCn1ccc(NC(=O)N[C@@H](C)C(C)(C)C)n1. The lowest BCUT2D eigenvalue weighted by Gasteiger charge is -2.27. The highest BCUT2D eigenvalue weighted by Gasteiger charge is 2.21. The molecule has 0 fully saturated rings. The number of carbonyl (C=O) groups excluding carboxylic acids is 1. The zero-order valence-electron chi connectivity index (χ0n) is 13.1. The Labute approximate surface area is 120 Å². The molecule has 2 N–H and O–H groups in total. The van der Waals surface area contributed by atoms with E-state index in [1.165, 1.54) is 0 Å². The summed E-state index contributed by atoms with van der Waals surface area (Å²) in [7, 11) is 1.68. The Morgan fingerprint density at radius 1 is 1.50 bits per heavy atom. The highest BCUT2D eigenvalue weighted by Crippen LogP contribution is 2.18. The van der Waals surface area contributed by atoms with Gasteiger partial charge in [-0.1, -0.05) is 20.8 Å². The normalized spacial score (nSPS) is 13.1. The molecule has 1 aromatic rings. The largest absolute Gasteiger partial charge is 0.385 e. The standard InChI is InChI=1S/C14H26N4O2/c1-11(14(2,3)4)15-13(19)16-12-7-9-18(17-12)8-6-10-20-5/h7,9,11H,6,8,10H2,1-5H3,(H2,15,16,17,19)/t11-/m0/s1. The van der Waals surface area contributed by atoms with Crippen molar-refractivity contribution in [2.45, 2.75) is 46.7 Å². The highest BCUT2D eigenvalue weighted by molar-refractivity contribution is 5.88. The molecule has 0 spiro atoms. The van der Waals surface area contributed by atoms with E-state index in [1.54, 1.807) is 17.9 Å². The number of nitrogens with zero attached hydrogens (tertiary/aromatic N) is 2. The van der Waals surface area contributed by atoms with E-state index in [2.05, 4.69) is 36.5 Å². The van der Waals surface area contributed by atoms with Crippen molar-refractivity contribution in [3.05, 3.63) is 12.3 Å². The van der Waals surface area contributed by atoms with Gasteiger partial charge in [0.2, 0.25) is 0 Å². The smallest absolute Gasteiger partial charge is 0.320 e. The summed E-state index contributed by atoms with van der Waals surface area (Å²) in [6.07, 6.45) is 2.74. The van der Waals surface area contributed by atoms with Crippen LogP contribution in [-0.2, 0) is 11.3 Å². The van der Waals surface area contributed by atoms with Gasteiger partial charge in [-0.25, -0.2) is 4.79 Å². The van der Waals surface area contributed by atoms with Crippen LogP contribution in [0.2, 0.25) is 0 Å². The number of nitrogens with one attached hydrogen (secondary N) is 2. The average Bonchev–Trinajstić information content (AvgIpc) is 2.75. The van der Waals surface area contributed by atoms with Crippen LogP contribution in [-0.4, -0.2) is 35.6 Å². The third-order valence-corrected chi connectivity index (χ3v) is 3.26. The zero-order chi connectivity index (χ0) is 15.2. The number of methoxy groups -OCH3 is 1. The van der Waals surface area contributed by atoms with Gasteiger partial charge in [-0.2, -0.15) is 5.10 Å². The fraction of sp³-hybridized carbons (Fsp3) is 0.714. The number of amides is 2. The van der Waals surface area contributed by atoms with E-state index in [4.69, 9.17) is 4.74 Å². The first kappa shape index (κ1) is 16.5. The van der Waals surface area contributed by atoms with Crippen molar-refractivity contribution >= 4 is 11.8 Å². The lowest BCUT2D eigenvalue weighted by molar-refractivity contribution is 0.189. The first-order chi connectivity index (χ1) is 9.32. The third kappa shape index (κ3) is 5.61. The van der Waals surface area contributed by atoms with E-state index in [0.717, 1.165) is 13.0 Å². The second-order valence-electron chi connectivity index (χ2n) is 6.00. The zero-order valence-corrected chi connectivity index (χ0v) is 13.1. The molecular formula is C14H26N4O2. The summed E-state index contributed by atoms with van der Waals surface area (Å²) < 4.78 is 6.78. The number of carbonyl (C=O) groups is 1. The second kappa shape index (κ2) is 7.28. The predicted molar refractivity (Wildman–Crippen MR) is 79.8 cm³/mol. The molecule has 6 heteroatoms. The Bertz CT molecular complexity index is 423. The van der Waals surface area contributed by atoms with Crippen molar-refractivity contribution < 1.29 is 9.53 Å². The van der Waals surface area contributed by atoms with Crippen molar-refractivity contribution in [1.29, 1.82) is 0 Å². The van der Waals surface area contributed by atoms with E-state index in [9.17, 15) is 4.79 Å². The molecule has 0 saturated carbocycles. The molecule has 0 aliphatic heterocycles. The molecule has 1 rings (SSSR count). The summed E-state index contributed by atoms with van der Waals surface area (Å²) >= 11 is 0.